The van der Waals surface area contributed by atoms with Crippen LogP contribution in [-0.2, 0) is 16.6 Å². The number of hydrogen-bond acceptors (Lipinski definition) is 5. The van der Waals surface area contributed by atoms with E-state index in [1.165, 1.54) is 18.1 Å². The molecule has 0 radical (unpaired) electrons. The van der Waals surface area contributed by atoms with E-state index in [1.807, 2.05) is 6.92 Å². The van der Waals surface area contributed by atoms with Crippen molar-refractivity contribution in [3.05, 3.63) is 30.7 Å². The number of hydrogen-bond donors (Lipinski definition) is 2. The third-order valence-electron chi connectivity index (χ3n) is 4.05. The molecule has 0 aliphatic rings. The van der Waals surface area contributed by atoms with E-state index in [2.05, 4.69) is 27.2 Å². The van der Waals surface area contributed by atoms with Crippen LogP contribution in [0, 0.1) is 0 Å². The van der Waals surface area contributed by atoms with E-state index in [0.29, 0.717) is 30.8 Å². The van der Waals surface area contributed by atoms with Gasteiger partial charge in [-0.1, -0.05) is 6.58 Å². The number of aldehydes is 1. The van der Waals surface area contributed by atoms with Crippen molar-refractivity contribution in [1.82, 2.24) is 19.7 Å². The maximum atomic E-state index is 12.6. The standard InChI is InChI=1S/C19H29N7O3/c1-7-21-17(19(29)23-14-11-15(13-27)26(6)12-14)25(5)10-9-22-18(28)16(20-3)24(4)8-2/h8,11-13H,2,7,9-10H2,1,3-6H3,(H,22,28)(H,23,29). The van der Waals surface area contributed by atoms with Gasteiger partial charge in [-0.25, -0.2) is 0 Å². The number of aromatic nitrogens is 1. The zero-order chi connectivity index (χ0) is 22.0. The summed E-state index contributed by atoms with van der Waals surface area (Å²) in [7, 11) is 6.63. The van der Waals surface area contributed by atoms with Gasteiger partial charge in [0.15, 0.2) is 18.0 Å². The minimum Gasteiger partial charge on any atom is -0.354 e. The first kappa shape index (κ1) is 23.6. The second-order valence-corrected chi connectivity index (χ2v) is 6.15. The van der Waals surface area contributed by atoms with Crippen molar-refractivity contribution in [2.24, 2.45) is 17.0 Å². The Bertz CT molecular complexity index is 811. The highest BCUT2D eigenvalue weighted by Gasteiger charge is 2.18. The molecule has 2 amide bonds. The molecule has 2 N–H and O–H groups in total. The Hall–Kier alpha value is -3.43. The van der Waals surface area contributed by atoms with Gasteiger partial charge >= 0.3 is 0 Å². The summed E-state index contributed by atoms with van der Waals surface area (Å²) in [5, 5.41) is 5.49. The fourth-order valence-electron chi connectivity index (χ4n) is 2.50. The van der Waals surface area contributed by atoms with Crippen LogP contribution in [0.15, 0.2) is 35.0 Å². The minimum atomic E-state index is -0.397. The van der Waals surface area contributed by atoms with Gasteiger partial charge in [0.2, 0.25) is 0 Å². The molecule has 0 aliphatic carbocycles. The zero-order valence-electron chi connectivity index (χ0n) is 17.6. The molecule has 0 aromatic carbocycles. The predicted molar refractivity (Wildman–Crippen MR) is 114 cm³/mol. The highest BCUT2D eigenvalue weighted by Crippen LogP contribution is 2.11. The van der Waals surface area contributed by atoms with Crippen molar-refractivity contribution in [2.45, 2.75) is 6.92 Å². The number of anilines is 1. The van der Waals surface area contributed by atoms with Gasteiger partial charge in [0.05, 0.1) is 11.4 Å². The number of aryl methyl sites for hydroxylation is 1. The molecular weight excluding hydrogens is 374 g/mol. The lowest BCUT2D eigenvalue weighted by Gasteiger charge is -2.21. The van der Waals surface area contributed by atoms with E-state index >= 15 is 0 Å². The van der Waals surface area contributed by atoms with Gasteiger partial charge in [-0.3, -0.25) is 24.4 Å². The first-order valence-electron chi connectivity index (χ1n) is 9.07. The summed E-state index contributed by atoms with van der Waals surface area (Å²) in [6, 6.07) is 1.58. The number of nitrogens with one attached hydrogen (secondary N) is 2. The number of aliphatic imine (C=N–C) groups is 2. The Morgan fingerprint density at radius 1 is 1.28 bits per heavy atom. The summed E-state index contributed by atoms with van der Waals surface area (Å²) in [6.07, 6.45) is 3.85. The largest absolute Gasteiger partial charge is 0.354 e. The van der Waals surface area contributed by atoms with Crippen LogP contribution in [0.4, 0.5) is 5.69 Å². The third-order valence-corrected chi connectivity index (χ3v) is 4.05. The van der Waals surface area contributed by atoms with E-state index < -0.39 is 5.91 Å². The molecular formula is C19H29N7O3. The molecule has 1 aromatic rings. The van der Waals surface area contributed by atoms with Crippen molar-refractivity contribution >= 4 is 35.5 Å². The van der Waals surface area contributed by atoms with E-state index in [9.17, 15) is 14.4 Å². The Kier molecular flexibility index (Phi) is 9.30. The highest BCUT2D eigenvalue weighted by atomic mass is 16.2. The summed E-state index contributed by atoms with van der Waals surface area (Å²) >= 11 is 0. The lowest BCUT2D eigenvalue weighted by atomic mass is 10.3. The molecule has 0 spiro atoms. The van der Waals surface area contributed by atoms with Gasteiger partial charge in [0.1, 0.15) is 0 Å². The third kappa shape index (κ3) is 6.59. The molecule has 0 aliphatic heterocycles. The second-order valence-electron chi connectivity index (χ2n) is 6.15. The molecule has 1 rings (SSSR count). The molecule has 10 heteroatoms. The minimum absolute atomic E-state index is 0.228. The zero-order valence-corrected chi connectivity index (χ0v) is 17.6. The van der Waals surface area contributed by atoms with Crippen LogP contribution in [0.1, 0.15) is 17.4 Å². The average Bonchev–Trinajstić information content (AvgIpc) is 3.05. The molecule has 1 aromatic heterocycles. The van der Waals surface area contributed by atoms with Gasteiger partial charge < -0.3 is 25.0 Å². The quantitative estimate of drug-likeness (QED) is 0.388. The van der Waals surface area contributed by atoms with Gasteiger partial charge in [0.25, 0.3) is 11.8 Å². The van der Waals surface area contributed by atoms with Gasteiger partial charge in [0, 0.05) is 54.0 Å². The molecule has 29 heavy (non-hydrogen) atoms. The number of carbonyl (C=O) groups is 3. The van der Waals surface area contributed by atoms with E-state index in [0.717, 1.165) is 0 Å². The monoisotopic (exact) mass is 403 g/mol. The number of nitrogens with zero attached hydrogens (tertiary/aromatic N) is 5. The van der Waals surface area contributed by atoms with Crippen molar-refractivity contribution in [3.8, 4) is 0 Å². The number of likely N-dealkylation sites (N-methyl/N-ethyl adjacent to an activating group) is 2. The molecule has 0 bridgehead atoms. The van der Waals surface area contributed by atoms with E-state index in [-0.39, 0.29) is 24.1 Å². The van der Waals surface area contributed by atoms with Crippen LogP contribution in [0.25, 0.3) is 0 Å². The molecule has 0 fully saturated rings. The summed E-state index contributed by atoms with van der Waals surface area (Å²) in [5.74, 6) is -0.276. The maximum absolute atomic E-state index is 12.6. The van der Waals surface area contributed by atoms with Crippen LogP contribution in [-0.4, -0.2) is 84.9 Å². The Labute approximate surface area is 171 Å². The Morgan fingerprint density at radius 3 is 2.48 bits per heavy atom. The molecule has 10 nitrogen and oxygen atoms in total. The summed E-state index contributed by atoms with van der Waals surface area (Å²) in [5.41, 5.74) is 0.949. The van der Waals surface area contributed by atoms with Crippen LogP contribution in [0.3, 0.4) is 0 Å². The van der Waals surface area contributed by atoms with Gasteiger partial charge in [-0.2, -0.15) is 0 Å². The number of rotatable bonds is 7. The molecule has 158 valence electrons. The molecule has 0 saturated carbocycles. The lowest BCUT2D eigenvalue weighted by Crippen LogP contribution is -2.44. The number of amides is 2. The van der Waals surface area contributed by atoms with E-state index in [4.69, 9.17) is 0 Å². The fraction of sp³-hybridized carbons (Fsp3) is 0.421. The summed E-state index contributed by atoms with van der Waals surface area (Å²) in [4.78, 5) is 47.2. The first-order chi connectivity index (χ1) is 13.8. The molecule has 0 saturated heterocycles. The molecule has 1 heterocycles. The normalized spacial score (nSPS) is 11.6. The first-order valence-corrected chi connectivity index (χ1v) is 9.07. The summed E-state index contributed by atoms with van der Waals surface area (Å²) < 4.78 is 1.62. The fourth-order valence-corrected chi connectivity index (χ4v) is 2.50. The van der Waals surface area contributed by atoms with Crippen LogP contribution >= 0.6 is 0 Å². The Balaban J connectivity index is 2.72. The van der Waals surface area contributed by atoms with Gasteiger partial charge in [-0.05, 0) is 19.2 Å². The second kappa shape index (κ2) is 11.4. The molecule has 0 unspecified atom stereocenters. The average molecular weight is 403 g/mol. The van der Waals surface area contributed by atoms with Crippen LogP contribution < -0.4 is 10.6 Å². The number of amidine groups is 2. The van der Waals surface area contributed by atoms with Gasteiger partial charge in [-0.15, -0.1) is 0 Å². The predicted octanol–water partition coefficient (Wildman–Crippen LogP) is 0.346. The SMILES string of the molecule is C=CN(C)C(=NC)C(=O)NCCN(C)C(=NCC)C(=O)Nc1cc(C=O)n(C)c1. The lowest BCUT2D eigenvalue weighted by molar-refractivity contribution is -0.115. The van der Waals surface area contributed by atoms with Crippen molar-refractivity contribution in [3.63, 3.8) is 0 Å². The topological polar surface area (TPSA) is 111 Å². The highest BCUT2D eigenvalue weighted by molar-refractivity contribution is 6.42. The number of carbonyl (C=O) groups excluding carboxylic acids is 3. The van der Waals surface area contributed by atoms with Crippen molar-refractivity contribution in [1.29, 1.82) is 0 Å². The van der Waals surface area contributed by atoms with Crippen LogP contribution in [0.5, 0.6) is 0 Å². The molecule has 0 atom stereocenters. The van der Waals surface area contributed by atoms with Crippen molar-refractivity contribution in [2.75, 3.05) is 46.1 Å². The summed E-state index contributed by atoms with van der Waals surface area (Å²) in [6.45, 7) is 6.50. The van der Waals surface area contributed by atoms with Crippen LogP contribution in [0.2, 0.25) is 0 Å². The van der Waals surface area contributed by atoms with E-state index in [1.54, 1.807) is 42.9 Å². The van der Waals surface area contributed by atoms with Crippen molar-refractivity contribution < 1.29 is 14.4 Å². The smallest absolute Gasteiger partial charge is 0.290 e. The Morgan fingerprint density at radius 2 is 1.97 bits per heavy atom. The maximum Gasteiger partial charge on any atom is 0.290 e.